The van der Waals surface area contributed by atoms with E-state index in [-0.39, 0.29) is 17.9 Å². The Bertz CT molecular complexity index is 270. The summed E-state index contributed by atoms with van der Waals surface area (Å²) >= 11 is 0. The van der Waals surface area contributed by atoms with E-state index in [2.05, 4.69) is 41.5 Å². The Hall–Kier alpha value is -0.790. The summed E-state index contributed by atoms with van der Waals surface area (Å²) in [6.07, 6.45) is 0. The molecule has 0 aromatic carbocycles. The fraction of sp³-hybridized carbons (Fsp3) is 0.786. The minimum atomic E-state index is 0.0514. The zero-order valence-electron chi connectivity index (χ0n) is 12.1. The van der Waals surface area contributed by atoms with Gasteiger partial charge < -0.3 is 4.90 Å². The predicted molar refractivity (Wildman–Crippen MR) is 70.0 cm³/mol. The standard InChI is InChI=1S/C14H27NO/c1-9(2)13(10(3)4)15(12(7)8)14(16)11(5)6/h9,11-12H,1-8H3. The van der Waals surface area contributed by atoms with Gasteiger partial charge in [0.15, 0.2) is 0 Å². The second kappa shape index (κ2) is 6.07. The van der Waals surface area contributed by atoms with Gasteiger partial charge in [-0.25, -0.2) is 0 Å². The molecule has 16 heavy (non-hydrogen) atoms. The van der Waals surface area contributed by atoms with Crippen molar-refractivity contribution in [2.45, 2.75) is 61.4 Å². The number of rotatable bonds is 4. The third-order valence-electron chi connectivity index (χ3n) is 2.57. The second-order valence-electron chi connectivity index (χ2n) is 5.50. The first-order chi connectivity index (χ1) is 7.20. The number of nitrogens with zero attached hydrogens (tertiary/aromatic N) is 1. The van der Waals surface area contributed by atoms with Crippen molar-refractivity contribution in [1.82, 2.24) is 4.90 Å². The molecule has 2 heteroatoms. The molecule has 0 spiro atoms. The van der Waals surface area contributed by atoms with Crippen LogP contribution in [0.5, 0.6) is 0 Å². The summed E-state index contributed by atoms with van der Waals surface area (Å²) < 4.78 is 0. The highest BCUT2D eigenvalue weighted by atomic mass is 16.2. The Morgan fingerprint density at radius 3 is 1.50 bits per heavy atom. The number of hydrogen-bond acceptors (Lipinski definition) is 1. The van der Waals surface area contributed by atoms with Crippen LogP contribution in [-0.4, -0.2) is 16.8 Å². The summed E-state index contributed by atoms with van der Waals surface area (Å²) in [4.78, 5) is 14.2. The molecule has 0 heterocycles. The first kappa shape index (κ1) is 15.2. The van der Waals surface area contributed by atoms with Gasteiger partial charge in [-0.15, -0.1) is 0 Å². The normalized spacial score (nSPS) is 11.2. The molecule has 0 N–H and O–H groups in total. The molecule has 0 aromatic heterocycles. The van der Waals surface area contributed by atoms with Crippen molar-refractivity contribution >= 4 is 5.91 Å². The number of carbonyl (C=O) groups excluding carboxylic acids is 1. The molecular formula is C14H27NO. The van der Waals surface area contributed by atoms with Crippen molar-refractivity contribution in [2.75, 3.05) is 0 Å². The quantitative estimate of drug-likeness (QED) is 0.712. The van der Waals surface area contributed by atoms with E-state index in [1.165, 1.54) is 11.3 Å². The third kappa shape index (κ3) is 3.66. The third-order valence-corrected chi connectivity index (χ3v) is 2.57. The minimum absolute atomic E-state index is 0.0514. The van der Waals surface area contributed by atoms with E-state index in [4.69, 9.17) is 0 Å². The summed E-state index contributed by atoms with van der Waals surface area (Å²) in [5, 5.41) is 0. The molecule has 0 unspecified atom stereocenters. The number of hydrogen-bond donors (Lipinski definition) is 0. The lowest BCUT2D eigenvalue weighted by atomic mass is 10.0. The van der Waals surface area contributed by atoms with Gasteiger partial charge in [0.25, 0.3) is 0 Å². The van der Waals surface area contributed by atoms with Crippen LogP contribution in [0.2, 0.25) is 0 Å². The summed E-state index contributed by atoms with van der Waals surface area (Å²) in [6, 6.07) is 0.224. The molecule has 94 valence electrons. The Kier molecular flexibility index (Phi) is 5.77. The van der Waals surface area contributed by atoms with Gasteiger partial charge in [-0.05, 0) is 33.6 Å². The largest absolute Gasteiger partial charge is 0.313 e. The fourth-order valence-electron chi connectivity index (χ4n) is 2.03. The van der Waals surface area contributed by atoms with Crippen LogP contribution in [0.15, 0.2) is 11.3 Å². The molecule has 0 atom stereocenters. The van der Waals surface area contributed by atoms with Gasteiger partial charge in [0.2, 0.25) is 5.91 Å². The topological polar surface area (TPSA) is 20.3 Å². The van der Waals surface area contributed by atoms with Crippen molar-refractivity contribution in [2.24, 2.45) is 11.8 Å². The SMILES string of the molecule is CC(C)=C(C(C)C)N(C(=O)C(C)C)C(C)C. The lowest BCUT2D eigenvalue weighted by molar-refractivity contribution is -0.134. The van der Waals surface area contributed by atoms with Crippen LogP contribution in [0, 0.1) is 11.8 Å². The van der Waals surface area contributed by atoms with Crippen molar-refractivity contribution in [3.8, 4) is 0 Å². The number of amides is 1. The number of allylic oxidation sites excluding steroid dienone is 2. The van der Waals surface area contributed by atoms with Crippen LogP contribution in [-0.2, 0) is 4.79 Å². The van der Waals surface area contributed by atoms with E-state index in [9.17, 15) is 4.79 Å². The van der Waals surface area contributed by atoms with Gasteiger partial charge in [-0.3, -0.25) is 4.79 Å². The molecule has 0 aliphatic heterocycles. The Morgan fingerprint density at radius 1 is 0.875 bits per heavy atom. The second-order valence-corrected chi connectivity index (χ2v) is 5.50. The maximum atomic E-state index is 12.2. The van der Waals surface area contributed by atoms with Gasteiger partial charge in [0.1, 0.15) is 0 Å². The lowest BCUT2D eigenvalue weighted by Gasteiger charge is -2.34. The van der Waals surface area contributed by atoms with Gasteiger partial charge in [-0.1, -0.05) is 33.3 Å². The molecule has 2 nitrogen and oxygen atoms in total. The maximum Gasteiger partial charge on any atom is 0.229 e. The molecule has 0 saturated heterocycles. The summed E-state index contributed by atoms with van der Waals surface area (Å²) in [5.74, 6) is 0.658. The van der Waals surface area contributed by atoms with Crippen LogP contribution < -0.4 is 0 Å². The highest BCUT2D eigenvalue weighted by Crippen LogP contribution is 2.24. The maximum absolute atomic E-state index is 12.2. The zero-order valence-corrected chi connectivity index (χ0v) is 12.1. The Morgan fingerprint density at radius 2 is 1.31 bits per heavy atom. The predicted octanol–water partition coefficient (Wildman–Crippen LogP) is 3.83. The van der Waals surface area contributed by atoms with E-state index in [0.29, 0.717) is 5.92 Å². The van der Waals surface area contributed by atoms with Crippen molar-refractivity contribution in [3.05, 3.63) is 11.3 Å². The molecular weight excluding hydrogens is 198 g/mol. The average molecular weight is 225 g/mol. The lowest BCUT2D eigenvalue weighted by Crippen LogP contribution is -2.40. The van der Waals surface area contributed by atoms with Crippen molar-refractivity contribution in [3.63, 3.8) is 0 Å². The van der Waals surface area contributed by atoms with E-state index >= 15 is 0 Å². The van der Waals surface area contributed by atoms with E-state index in [1.807, 2.05) is 18.7 Å². The Labute approximate surface area is 101 Å². The van der Waals surface area contributed by atoms with Crippen LogP contribution >= 0.6 is 0 Å². The van der Waals surface area contributed by atoms with Gasteiger partial charge in [0, 0.05) is 17.7 Å². The molecule has 0 aliphatic carbocycles. The van der Waals surface area contributed by atoms with Crippen molar-refractivity contribution in [1.29, 1.82) is 0 Å². The molecule has 1 amide bonds. The highest BCUT2D eigenvalue weighted by Gasteiger charge is 2.25. The molecule has 0 rings (SSSR count). The zero-order chi connectivity index (χ0) is 13.0. The van der Waals surface area contributed by atoms with Gasteiger partial charge in [-0.2, -0.15) is 0 Å². The fourth-order valence-corrected chi connectivity index (χ4v) is 2.03. The molecule has 0 aromatic rings. The first-order valence-corrected chi connectivity index (χ1v) is 6.20. The van der Waals surface area contributed by atoms with Crippen molar-refractivity contribution < 1.29 is 4.79 Å². The molecule has 0 radical (unpaired) electrons. The van der Waals surface area contributed by atoms with E-state index < -0.39 is 0 Å². The van der Waals surface area contributed by atoms with Gasteiger partial charge in [0.05, 0.1) is 0 Å². The molecule has 0 saturated carbocycles. The Balaban J connectivity index is 5.36. The van der Waals surface area contributed by atoms with Crippen LogP contribution in [0.25, 0.3) is 0 Å². The van der Waals surface area contributed by atoms with Crippen LogP contribution in [0.3, 0.4) is 0 Å². The molecule has 0 fully saturated rings. The minimum Gasteiger partial charge on any atom is -0.313 e. The van der Waals surface area contributed by atoms with E-state index in [0.717, 1.165) is 0 Å². The highest BCUT2D eigenvalue weighted by molar-refractivity contribution is 5.80. The van der Waals surface area contributed by atoms with Crippen LogP contribution in [0.4, 0.5) is 0 Å². The summed E-state index contributed by atoms with van der Waals surface area (Å²) in [6.45, 7) is 16.5. The summed E-state index contributed by atoms with van der Waals surface area (Å²) in [5.41, 5.74) is 2.41. The number of carbonyl (C=O) groups is 1. The molecule has 0 aliphatic rings. The summed E-state index contributed by atoms with van der Waals surface area (Å²) in [7, 11) is 0. The smallest absolute Gasteiger partial charge is 0.229 e. The van der Waals surface area contributed by atoms with E-state index in [1.54, 1.807) is 0 Å². The van der Waals surface area contributed by atoms with Crippen LogP contribution in [0.1, 0.15) is 55.4 Å². The molecule has 0 bridgehead atoms. The average Bonchev–Trinajstić information content (AvgIpc) is 2.10. The monoisotopic (exact) mass is 225 g/mol. The first-order valence-electron chi connectivity index (χ1n) is 6.20. The van der Waals surface area contributed by atoms with Gasteiger partial charge >= 0.3 is 0 Å².